The summed E-state index contributed by atoms with van der Waals surface area (Å²) in [5.41, 5.74) is 2.48. The van der Waals surface area contributed by atoms with Crippen molar-refractivity contribution in [2.75, 3.05) is 6.61 Å². The van der Waals surface area contributed by atoms with Crippen LogP contribution in [-0.2, 0) is 6.42 Å². The molecule has 0 bridgehead atoms. The summed E-state index contributed by atoms with van der Waals surface area (Å²) in [6, 6.07) is 8.75. The van der Waals surface area contributed by atoms with Gasteiger partial charge in [-0.3, -0.25) is 0 Å². The maximum absolute atomic E-state index is 5.81. The van der Waals surface area contributed by atoms with Crippen molar-refractivity contribution < 1.29 is 4.74 Å². The zero-order valence-corrected chi connectivity index (χ0v) is 21.7. The van der Waals surface area contributed by atoms with Gasteiger partial charge in [0.2, 0.25) is 0 Å². The monoisotopic (exact) mass is 452 g/mol. The topological polar surface area (TPSA) is 35.0 Å². The van der Waals surface area contributed by atoms with Gasteiger partial charge in [-0.1, -0.05) is 122 Å². The van der Waals surface area contributed by atoms with Gasteiger partial charge in [0.15, 0.2) is 11.6 Å². The van der Waals surface area contributed by atoms with E-state index in [4.69, 9.17) is 4.74 Å². The van der Waals surface area contributed by atoms with E-state index in [1.54, 1.807) is 12.4 Å². The molecule has 2 rings (SSSR count). The maximum Gasteiger partial charge on any atom is 0.159 e. The fourth-order valence-corrected chi connectivity index (χ4v) is 4.20. The first-order chi connectivity index (χ1) is 16.2. The van der Waals surface area contributed by atoms with E-state index < -0.39 is 0 Å². The lowest BCUT2D eigenvalue weighted by Crippen LogP contribution is -1.99. The summed E-state index contributed by atoms with van der Waals surface area (Å²) in [5.74, 6) is 2.39. The average Bonchev–Trinajstić information content (AvgIpc) is 2.83. The fraction of sp³-hybridized carbons (Fsp3) is 0.667. The van der Waals surface area contributed by atoms with Crippen LogP contribution in [0.15, 0.2) is 36.7 Å². The van der Waals surface area contributed by atoms with Crippen molar-refractivity contribution in [3.63, 3.8) is 0 Å². The molecular formula is C30H48N2O. The Labute approximate surface area is 203 Å². The number of hydrogen-bond donors (Lipinski definition) is 0. The fourth-order valence-electron chi connectivity index (χ4n) is 4.20. The lowest BCUT2D eigenvalue weighted by molar-refractivity contribution is 0.302. The highest BCUT2D eigenvalue weighted by molar-refractivity contribution is 5.55. The van der Waals surface area contributed by atoms with Crippen LogP contribution in [0.25, 0.3) is 11.4 Å². The quantitative estimate of drug-likeness (QED) is 0.199. The second-order valence-corrected chi connectivity index (χ2v) is 9.96. The Kier molecular flexibility index (Phi) is 14.6. The third kappa shape index (κ3) is 12.8. The molecule has 0 radical (unpaired) electrons. The molecule has 184 valence electrons. The van der Waals surface area contributed by atoms with Gasteiger partial charge in [-0.2, -0.15) is 0 Å². The Hall–Kier alpha value is -1.90. The van der Waals surface area contributed by atoms with E-state index in [1.165, 1.54) is 95.5 Å². The Morgan fingerprint density at radius 3 is 1.91 bits per heavy atom. The highest BCUT2D eigenvalue weighted by Crippen LogP contribution is 2.19. The molecule has 0 saturated heterocycles. The normalized spacial score (nSPS) is 11.3. The number of rotatable bonds is 19. The number of benzene rings is 1. The molecule has 0 N–H and O–H groups in total. The van der Waals surface area contributed by atoms with E-state index >= 15 is 0 Å². The maximum atomic E-state index is 5.81. The summed E-state index contributed by atoms with van der Waals surface area (Å²) in [4.78, 5) is 9.03. The minimum Gasteiger partial charge on any atom is -0.490 e. The van der Waals surface area contributed by atoms with Crippen LogP contribution in [0.1, 0.15) is 116 Å². The molecule has 3 heteroatoms. The first kappa shape index (κ1) is 27.3. The van der Waals surface area contributed by atoms with Crippen LogP contribution in [0.3, 0.4) is 0 Å². The highest BCUT2D eigenvalue weighted by atomic mass is 16.5. The van der Waals surface area contributed by atoms with E-state index in [2.05, 4.69) is 55.0 Å². The molecule has 0 aliphatic heterocycles. The predicted molar refractivity (Wildman–Crippen MR) is 142 cm³/mol. The van der Waals surface area contributed by atoms with Crippen molar-refractivity contribution in [3.8, 4) is 17.1 Å². The van der Waals surface area contributed by atoms with Crippen molar-refractivity contribution >= 4 is 0 Å². The Morgan fingerprint density at radius 2 is 1.27 bits per heavy atom. The van der Waals surface area contributed by atoms with Gasteiger partial charge in [-0.15, -0.1) is 0 Å². The van der Waals surface area contributed by atoms with Gasteiger partial charge in [-0.05, 0) is 30.7 Å². The SMILES string of the molecule is CCCCCCCCCOc1cnc(-c2ccc(CCCCCCCCC(C)C)cc2)nc1. The van der Waals surface area contributed by atoms with E-state index in [0.29, 0.717) is 0 Å². The molecule has 0 spiro atoms. The minimum atomic E-state index is 0.753. The van der Waals surface area contributed by atoms with Crippen LogP contribution in [0.2, 0.25) is 0 Å². The average molecular weight is 453 g/mol. The molecule has 0 aliphatic rings. The van der Waals surface area contributed by atoms with E-state index in [-0.39, 0.29) is 0 Å². The zero-order valence-electron chi connectivity index (χ0n) is 21.7. The summed E-state index contributed by atoms with van der Waals surface area (Å²) in [6.07, 6.45) is 23.4. The van der Waals surface area contributed by atoms with Crippen molar-refractivity contribution in [1.82, 2.24) is 9.97 Å². The molecule has 0 atom stereocenters. The number of aryl methyl sites for hydroxylation is 1. The van der Waals surface area contributed by atoms with Gasteiger partial charge in [0.1, 0.15) is 0 Å². The second kappa shape index (κ2) is 17.6. The lowest BCUT2D eigenvalue weighted by Gasteiger charge is -2.07. The summed E-state index contributed by atoms with van der Waals surface area (Å²) < 4.78 is 5.81. The minimum absolute atomic E-state index is 0.753. The Morgan fingerprint density at radius 1 is 0.697 bits per heavy atom. The van der Waals surface area contributed by atoms with Crippen LogP contribution >= 0.6 is 0 Å². The molecule has 0 aliphatic carbocycles. The smallest absolute Gasteiger partial charge is 0.159 e. The number of hydrogen-bond acceptors (Lipinski definition) is 3. The van der Waals surface area contributed by atoms with Crippen molar-refractivity contribution in [2.45, 2.75) is 117 Å². The molecule has 0 amide bonds. The van der Waals surface area contributed by atoms with Crippen LogP contribution in [0.4, 0.5) is 0 Å². The molecule has 33 heavy (non-hydrogen) atoms. The first-order valence-corrected chi connectivity index (χ1v) is 13.7. The summed E-state index contributed by atoms with van der Waals surface area (Å²) in [6.45, 7) is 7.65. The van der Waals surface area contributed by atoms with E-state index in [0.717, 1.165) is 36.1 Å². The zero-order chi connectivity index (χ0) is 23.6. The molecule has 3 nitrogen and oxygen atoms in total. The Bertz CT molecular complexity index is 709. The summed E-state index contributed by atoms with van der Waals surface area (Å²) in [5, 5.41) is 0. The largest absolute Gasteiger partial charge is 0.490 e. The summed E-state index contributed by atoms with van der Waals surface area (Å²) >= 11 is 0. The molecule has 1 aromatic carbocycles. The third-order valence-electron chi connectivity index (χ3n) is 6.35. The van der Waals surface area contributed by atoms with Crippen molar-refractivity contribution in [3.05, 3.63) is 42.2 Å². The van der Waals surface area contributed by atoms with Crippen LogP contribution in [-0.4, -0.2) is 16.6 Å². The number of nitrogens with zero attached hydrogens (tertiary/aromatic N) is 2. The van der Waals surface area contributed by atoms with Crippen LogP contribution in [0.5, 0.6) is 5.75 Å². The van der Waals surface area contributed by atoms with Crippen LogP contribution < -0.4 is 4.74 Å². The molecule has 2 aromatic rings. The molecular weight excluding hydrogens is 404 g/mol. The molecule has 0 fully saturated rings. The molecule has 0 unspecified atom stereocenters. The number of aromatic nitrogens is 2. The van der Waals surface area contributed by atoms with Gasteiger partial charge in [0.25, 0.3) is 0 Å². The molecule has 0 saturated carbocycles. The van der Waals surface area contributed by atoms with Gasteiger partial charge in [0, 0.05) is 5.56 Å². The standard InChI is InChI=1S/C30H48N2O/c1-4-5-6-7-10-13-16-23-33-29-24-31-30(32-25-29)28-21-19-27(20-22-28)18-15-12-9-8-11-14-17-26(2)3/h19-22,24-26H,4-18,23H2,1-3H3. The number of ether oxygens (including phenoxy) is 1. The Balaban J connectivity index is 1.60. The lowest BCUT2D eigenvalue weighted by atomic mass is 10.0. The molecule has 1 aromatic heterocycles. The van der Waals surface area contributed by atoms with Gasteiger partial charge < -0.3 is 4.74 Å². The second-order valence-electron chi connectivity index (χ2n) is 9.96. The first-order valence-electron chi connectivity index (χ1n) is 13.7. The van der Waals surface area contributed by atoms with E-state index in [1.807, 2.05) is 0 Å². The van der Waals surface area contributed by atoms with E-state index in [9.17, 15) is 0 Å². The highest BCUT2D eigenvalue weighted by Gasteiger charge is 2.03. The van der Waals surface area contributed by atoms with Crippen molar-refractivity contribution in [2.24, 2.45) is 5.92 Å². The molecule has 1 heterocycles. The van der Waals surface area contributed by atoms with Gasteiger partial charge in [0.05, 0.1) is 19.0 Å². The predicted octanol–water partition coefficient (Wildman–Crippen LogP) is 9.20. The van der Waals surface area contributed by atoms with Gasteiger partial charge >= 0.3 is 0 Å². The third-order valence-corrected chi connectivity index (χ3v) is 6.35. The van der Waals surface area contributed by atoms with Gasteiger partial charge in [-0.25, -0.2) is 9.97 Å². The van der Waals surface area contributed by atoms with Crippen LogP contribution in [0, 0.1) is 5.92 Å². The summed E-state index contributed by atoms with van der Waals surface area (Å²) in [7, 11) is 0. The van der Waals surface area contributed by atoms with Crippen molar-refractivity contribution in [1.29, 1.82) is 0 Å². The number of unbranched alkanes of at least 4 members (excludes halogenated alkanes) is 11.